The Labute approximate surface area is 154 Å². The monoisotopic (exact) mass is 406 g/mol. The number of hydrogen-bond acceptors (Lipinski definition) is 4. The number of nitrogens with one attached hydrogen (secondary N) is 1. The number of benzene rings is 2. The van der Waals surface area contributed by atoms with Crippen LogP contribution in [-0.4, -0.2) is 16.9 Å². The maximum atomic E-state index is 12.4. The van der Waals surface area contributed by atoms with Gasteiger partial charge in [0.15, 0.2) is 6.10 Å². The molecule has 25 heavy (non-hydrogen) atoms. The Kier molecular flexibility index (Phi) is 5.79. The lowest BCUT2D eigenvalue weighted by Crippen LogP contribution is -2.30. The van der Waals surface area contributed by atoms with E-state index in [9.17, 15) is 14.9 Å². The van der Waals surface area contributed by atoms with Crippen molar-refractivity contribution in [1.82, 2.24) is 0 Å². The van der Waals surface area contributed by atoms with E-state index in [4.69, 9.17) is 4.74 Å². The zero-order valence-corrected chi connectivity index (χ0v) is 16.0. The molecule has 0 saturated carbocycles. The first-order valence-electron chi connectivity index (χ1n) is 7.68. The molecule has 6 nitrogen and oxygen atoms in total. The lowest BCUT2D eigenvalue weighted by Gasteiger charge is -2.18. The van der Waals surface area contributed by atoms with Crippen molar-refractivity contribution in [2.75, 3.05) is 5.32 Å². The maximum Gasteiger partial charge on any atom is 0.293 e. The van der Waals surface area contributed by atoms with Crippen molar-refractivity contribution in [3.63, 3.8) is 0 Å². The second kappa shape index (κ2) is 7.65. The Balaban J connectivity index is 2.18. The van der Waals surface area contributed by atoms with E-state index in [1.165, 1.54) is 12.1 Å². The lowest BCUT2D eigenvalue weighted by atomic mass is 10.1. The fourth-order valence-corrected chi connectivity index (χ4v) is 3.13. The van der Waals surface area contributed by atoms with E-state index in [1.54, 1.807) is 19.9 Å². The van der Waals surface area contributed by atoms with E-state index in [1.807, 2.05) is 26.0 Å². The number of ether oxygens (including phenoxy) is 1. The number of halogens is 1. The van der Waals surface area contributed by atoms with Gasteiger partial charge in [0.05, 0.1) is 4.92 Å². The predicted molar refractivity (Wildman–Crippen MR) is 100 cm³/mol. The highest BCUT2D eigenvalue weighted by molar-refractivity contribution is 9.10. The summed E-state index contributed by atoms with van der Waals surface area (Å²) in [5.41, 5.74) is 2.55. The van der Waals surface area contributed by atoms with E-state index in [0.29, 0.717) is 5.75 Å². The number of aryl methyl sites for hydroxylation is 3. The smallest absolute Gasteiger partial charge is 0.293 e. The fraction of sp³-hybridized carbons (Fsp3) is 0.278. The van der Waals surface area contributed by atoms with Crippen LogP contribution in [0.15, 0.2) is 34.8 Å². The largest absolute Gasteiger partial charge is 0.480 e. The standard InChI is InChI=1S/C18H19BrN2O4/c1-10-5-6-15(16(7-10)21(23)24)20-18(22)13(4)25-17-11(2)8-14(19)9-12(17)3/h5-9,13H,1-4H3,(H,20,22). The van der Waals surface area contributed by atoms with Crippen LogP contribution in [0.4, 0.5) is 11.4 Å². The van der Waals surface area contributed by atoms with Crippen molar-refractivity contribution in [3.8, 4) is 5.75 Å². The fourth-order valence-electron chi connectivity index (χ4n) is 2.45. The highest BCUT2D eigenvalue weighted by Gasteiger charge is 2.21. The highest BCUT2D eigenvalue weighted by atomic mass is 79.9. The molecule has 0 heterocycles. The van der Waals surface area contributed by atoms with Crippen LogP contribution in [0.25, 0.3) is 0 Å². The average molecular weight is 407 g/mol. The highest BCUT2D eigenvalue weighted by Crippen LogP contribution is 2.29. The number of nitro benzene ring substituents is 1. The van der Waals surface area contributed by atoms with Gasteiger partial charge in [-0.2, -0.15) is 0 Å². The predicted octanol–water partition coefficient (Wildman–Crippen LogP) is 4.69. The van der Waals surface area contributed by atoms with Gasteiger partial charge in [0.2, 0.25) is 0 Å². The molecule has 0 radical (unpaired) electrons. The summed E-state index contributed by atoms with van der Waals surface area (Å²) in [6, 6.07) is 8.45. The third kappa shape index (κ3) is 4.57. The molecule has 0 aliphatic rings. The first kappa shape index (κ1) is 18.9. The molecule has 2 rings (SSSR count). The van der Waals surface area contributed by atoms with Crippen LogP contribution < -0.4 is 10.1 Å². The van der Waals surface area contributed by atoms with Gasteiger partial charge < -0.3 is 10.1 Å². The van der Waals surface area contributed by atoms with Crippen LogP contribution in [0.3, 0.4) is 0 Å². The maximum absolute atomic E-state index is 12.4. The summed E-state index contributed by atoms with van der Waals surface area (Å²) in [4.78, 5) is 23.0. The number of amides is 1. The number of hydrogen-bond donors (Lipinski definition) is 1. The third-order valence-corrected chi connectivity index (χ3v) is 4.15. The van der Waals surface area contributed by atoms with E-state index in [2.05, 4.69) is 21.2 Å². The molecular formula is C18H19BrN2O4. The van der Waals surface area contributed by atoms with Gasteiger partial charge in [-0.3, -0.25) is 14.9 Å². The van der Waals surface area contributed by atoms with Crippen molar-refractivity contribution in [2.45, 2.75) is 33.8 Å². The van der Waals surface area contributed by atoms with Crippen LogP contribution in [-0.2, 0) is 4.79 Å². The summed E-state index contributed by atoms with van der Waals surface area (Å²) in [7, 11) is 0. The van der Waals surface area contributed by atoms with E-state index < -0.39 is 16.9 Å². The minimum absolute atomic E-state index is 0.142. The van der Waals surface area contributed by atoms with Gasteiger partial charge in [0, 0.05) is 10.5 Å². The van der Waals surface area contributed by atoms with E-state index >= 15 is 0 Å². The molecule has 1 N–H and O–H groups in total. The zero-order chi connectivity index (χ0) is 18.7. The molecule has 0 saturated heterocycles. The summed E-state index contributed by atoms with van der Waals surface area (Å²) >= 11 is 3.42. The molecule has 2 aromatic carbocycles. The van der Waals surface area contributed by atoms with Crippen LogP contribution in [0.2, 0.25) is 0 Å². The van der Waals surface area contributed by atoms with Crippen molar-refractivity contribution < 1.29 is 14.5 Å². The van der Waals surface area contributed by atoms with Gasteiger partial charge in [-0.25, -0.2) is 0 Å². The van der Waals surface area contributed by atoms with Crippen LogP contribution >= 0.6 is 15.9 Å². The molecule has 1 unspecified atom stereocenters. The Morgan fingerprint density at radius 2 is 1.80 bits per heavy atom. The number of nitro groups is 1. The Morgan fingerprint density at radius 3 is 2.36 bits per heavy atom. The van der Waals surface area contributed by atoms with E-state index in [0.717, 1.165) is 21.2 Å². The quantitative estimate of drug-likeness (QED) is 0.576. The molecule has 0 aromatic heterocycles. The van der Waals surface area contributed by atoms with Crippen molar-refractivity contribution >= 4 is 33.2 Å². The van der Waals surface area contributed by atoms with Gasteiger partial charge in [0.1, 0.15) is 11.4 Å². The topological polar surface area (TPSA) is 81.5 Å². The van der Waals surface area contributed by atoms with Gasteiger partial charge >= 0.3 is 0 Å². The molecule has 1 atom stereocenters. The molecule has 0 spiro atoms. The summed E-state index contributed by atoms with van der Waals surface area (Å²) < 4.78 is 6.72. The Hall–Kier alpha value is -2.41. The minimum Gasteiger partial charge on any atom is -0.480 e. The first-order valence-corrected chi connectivity index (χ1v) is 8.47. The molecule has 0 bridgehead atoms. The molecule has 2 aromatic rings. The van der Waals surface area contributed by atoms with Gasteiger partial charge in [-0.15, -0.1) is 0 Å². The summed E-state index contributed by atoms with van der Waals surface area (Å²) in [6.45, 7) is 7.14. The van der Waals surface area contributed by atoms with Crippen LogP contribution in [0.1, 0.15) is 23.6 Å². The lowest BCUT2D eigenvalue weighted by molar-refractivity contribution is -0.384. The van der Waals surface area contributed by atoms with Gasteiger partial charge in [-0.05, 0) is 62.6 Å². The normalized spacial score (nSPS) is 11.7. The average Bonchev–Trinajstić information content (AvgIpc) is 2.51. The number of carbonyl (C=O) groups excluding carboxylic acids is 1. The molecule has 1 amide bonds. The van der Waals surface area contributed by atoms with E-state index in [-0.39, 0.29) is 11.4 Å². The Bertz CT molecular complexity index is 813. The minimum atomic E-state index is -0.806. The van der Waals surface area contributed by atoms with Gasteiger partial charge in [0.25, 0.3) is 11.6 Å². The van der Waals surface area contributed by atoms with Crippen molar-refractivity contribution in [3.05, 3.63) is 61.6 Å². The third-order valence-electron chi connectivity index (χ3n) is 3.70. The van der Waals surface area contributed by atoms with Crippen molar-refractivity contribution in [1.29, 1.82) is 0 Å². The summed E-state index contributed by atoms with van der Waals surface area (Å²) in [6.07, 6.45) is -0.806. The molecule has 7 heteroatoms. The summed E-state index contributed by atoms with van der Waals surface area (Å²) in [5.74, 6) is 0.179. The molecule has 0 aliphatic heterocycles. The Morgan fingerprint density at radius 1 is 1.20 bits per heavy atom. The molecule has 0 aliphatic carbocycles. The number of anilines is 1. The second-order valence-corrected chi connectivity index (χ2v) is 6.81. The number of carbonyl (C=O) groups is 1. The zero-order valence-electron chi connectivity index (χ0n) is 14.4. The van der Waals surface area contributed by atoms with Crippen LogP contribution in [0, 0.1) is 30.9 Å². The molecule has 132 valence electrons. The second-order valence-electron chi connectivity index (χ2n) is 5.90. The number of nitrogens with zero attached hydrogens (tertiary/aromatic N) is 1. The SMILES string of the molecule is Cc1ccc(NC(=O)C(C)Oc2c(C)cc(Br)cc2C)c([N+](=O)[O-])c1. The van der Waals surface area contributed by atoms with Gasteiger partial charge in [-0.1, -0.05) is 22.0 Å². The number of rotatable bonds is 5. The summed E-state index contributed by atoms with van der Waals surface area (Å²) in [5, 5.41) is 13.7. The van der Waals surface area contributed by atoms with Crippen molar-refractivity contribution in [2.24, 2.45) is 0 Å². The molecular weight excluding hydrogens is 388 g/mol. The molecule has 0 fully saturated rings. The first-order chi connectivity index (χ1) is 11.7. The van der Waals surface area contributed by atoms with Crippen LogP contribution in [0.5, 0.6) is 5.75 Å².